The molecule has 0 N–H and O–H groups in total. The Labute approximate surface area is 76.5 Å². The van der Waals surface area contributed by atoms with Crippen LogP contribution in [0.3, 0.4) is 0 Å². The van der Waals surface area contributed by atoms with Crippen molar-refractivity contribution in [3.05, 3.63) is 0 Å². The van der Waals surface area contributed by atoms with E-state index in [0.29, 0.717) is 0 Å². The Morgan fingerprint density at radius 2 is 0.857 bits per heavy atom. The summed E-state index contributed by atoms with van der Waals surface area (Å²) in [6, 6.07) is 0. The number of rotatable bonds is 0. The molecular formula is CHBr2F3Mg. The maximum Gasteiger partial charge on any atom is 2.00 e. The van der Waals surface area contributed by atoms with E-state index in [9.17, 15) is 13.2 Å². The molecule has 0 unspecified atom stereocenters. The van der Waals surface area contributed by atoms with Crippen LogP contribution in [0.25, 0.3) is 0 Å². The molecule has 0 atom stereocenters. The second-order valence-corrected chi connectivity index (χ2v) is 0.247. The summed E-state index contributed by atoms with van der Waals surface area (Å²) in [6.07, 6.45) is 0. The summed E-state index contributed by atoms with van der Waals surface area (Å²) in [5, 5.41) is 0. The van der Waals surface area contributed by atoms with Crippen LogP contribution in [0.2, 0.25) is 0 Å². The molecule has 0 amide bonds. The normalized spacial score (nSPS) is 5.14. The zero-order valence-electron chi connectivity index (χ0n) is 3.17. The average molecular weight is 254 g/mol. The van der Waals surface area contributed by atoms with E-state index in [1.54, 1.807) is 0 Å². The van der Waals surface area contributed by atoms with Crippen molar-refractivity contribution in [3.8, 4) is 0 Å². The molecule has 0 aliphatic carbocycles. The van der Waals surface area contributed by atoms with Gasteiger partial charge in [-0.2, -0.15) is 13.2 Å². The third kappa shape index (κ3) is 99.5. The van der Waals surface area contributed by atoms with Crippen molar-refractivity contribution in [2.45, 2.75) is 6.68 Å². The Hall–Kier alpha value is 1.52. The Morgan fingerprint density at radius 1 is 0.857 bits per heavy atom. The molecule has 0 heterocycles. The zero-order chi connectivity index (χ0) is 3.58. The maximum absolute atomic E-state index is 9.67. The van der Waals surface area contributed by atoms with Crippen molar-refractivity contribution in [2.24, 2.45) is 0 Å². The number of hydrogen-bond donors (Lipinski definition) is 0. The number of alkyl halides is 3. The van der Waals surface area contributed by atoms with E-state index in [-0.39, 0.29) is 57.0 Å². The molecule has 0 aliphatic rings. The molecule has 0 spiro atoms. The van der Waals surface area contributed by atoms with Crippen LogP contribution < -0.4 is 34.0 Å². The second kappa shape index (κ2) is 15.6. The van der Waals surface area contributed by atoms with Gasteiger partial charge in [0.05, 0.1) is 0 Å². The Bertz CT molecular complexity index is 17.7. The maximum atomic E-state index is 9.67. The van der Waals surface area contributed by atoms with Crippen molar-refractivity contribution in [2.75, 3.05) is 0 Å². The summed E-state index contributed by atoms with van der Waals surface area (Å²) in [5.74, 6) is 0. The van der Waals surface area contributed by atoms with Crippen LogP contribution in [0.15, 0.2) is 0 Å². The summed E-state index contributed by atoms with van der Waals surface area (Å²) < 4.78 is 29.0. The van der Waals surface area contributed by atoms with E-state index in [1.165, 1.54) is 0 Å². The minimum atomic E-state index is -3.67. The fourth-order valence-electron chi connectivity index (χ4n) is 0. The summed E-state index contributed by atoms with van der Waals surface area (Å²) in [6.45, 7) is -3.67. The Kier molecular flexibility index (Phi) is 52.7. The first-order valence-corrected chi connectivity index (χ1v) is 0.655. The predicted molar refractivity (Wildman–Crippen MR) is 12.9 cm³/mol. The third-order valence-electron chi connectivity index (χ3n) is 0. The first-order valence-electron chi connectivity index (χ1n) is 0.655. The minimum absolute atomic E-state index is 0. The summed E-state index contributed by atoms with van der Waals surface area (Å²) in [5.41, 5.74) is 0. The Morgan fingerprint density at radius 3 is 0.857 bits per heavy atom. The Balaban J connectivity index is -0.0000000150. The van der Waals surface area contributed by atoms with Gasteiger partial charge in [0.25, 0.3) is 0 Å². The van der Waals surface area contributed by atoms with Gasteiger partial charge in [0, 0.05) is 0 Å². The van der Waals surface area contributed by atoms with Crippen LogP contribution in [-0.2, 0) is 0 Å². The molecule has 0 saturated carbocycles. The molecule has 0 aliphatic heterocycles. The van der Waals surface area contributed by atoms with Crippen LogP contribution in [-0.4, -0.2) is 29.7 Å². The minimum Gasteiger partial charge on any atom is -1.00 e. The number of halogens is 5. The molecule has 0 aromatic heterocycles. The predicted octanol–water partition coefficient (Wildman–Crippen LogP) is -5.19. The molecule has 0 bridgehead atoms. The van der Waals surface area contributed by atoms with E-state index in [2.05, 4.69) is 0 Å². The molecule has 0 aromatic rings. The molecule has 0 radical (unpaired) electrons. The van der Waals surface area contributed by atoms with E-state index in [1.807, 2.05) is 0 Å². The van der Waals surface area contributed by atoms with Crippen molar-refractivity contribution in [1.29, 1.82) is 0 Å². The largest absolute Gasteiger partial charge is 2.00 e. The van der Waals surface area contributed by atoms with Gasteiger partial charge < -0.3 is 34.0 Å². The van der Waals surface area contributed by atoms with Gasteiger partial charge >= 0.3 is 29.7 Å². The van der Waals surface area contributed by atoms with E-state index in [4.69, 9.17) is 0 Å². The summed E-state index contributed by atoms with van der Waals surface area (Å²) in [4.78, 5) is 0. The standard InChI is InChI=1S/CHF3.2BrH.Mg/c2-1(3)4;;;/h1H;2*1H;/q;;;+2/p-2. The first-order chi connectivity index (χ1) is 1.73. The van der Waals surface area contributed by atoms with E-state index < -0.39 is 6.68 Å². The van der Waals surface area contributed by atoms with Gasteiger partial charge in [0.15, 0.2) is 0 Å². The quantitative estimate of drug-likeness (QED) is 0.379. The van der Waals surface area contributed by atoms with Crippen molar-refractivity contribution in [3.63, 3.8) is 0 Å². The molecule has 0 rings (SSSR count). The van der Waals surface area contributed by atoms with Gasteiger partial charge in [-0.3, -0.25) is 0 Å². The van der Waals surface area contributed by atoms with Gasteiger partial charge in [0.1, 0.15) is 0 Å². The molecule has 7 heavy (non-hydrogen) atoms. The molecule has 0 aromatic carbocycles. The third-order valence-corrected chi connectivity index (χ3v) is 0. The molecule has 42 valence electrons. The number of hydrogen-bond acceptors (Lipinski definition) is 0. The SMILES string of the molecule is FC(F)F.[Br-].[Br-].[Mg+2]. The zero-order valence-corrected chi connectivity index (χ0v) is 7.76. The van der Waals surface area contributed by atoms with Gasteiger partial charge in [-0.25, -0.2) is 0 Å². The van der Waals surface area contributed by atoms with Gasteiger partial charge in [-0.05, 0) is 0 Å². The second-order valence-electron chi connectivity index (χ2n) is 0.247. The van der Waals surface area contributed by atoms with Crippen molar-refractivity contribution in [1.82, 2.24) is 0 Å². The molecule has 6 heteroatoms. The fourth-order valence-corrected chi connectivity index (χ4v) is 0. The first kappa shape index (κ1) is 23.6. The van der Waals surface area contributed by atoms with Gasteiger partial charge in [-0.1, -0.05) is 0 Å². The van der Waals surface area contributed by atoms with Gasteiger partial charge in [-0.15, -0.1) is 0 Å². The topological polar surface area (TPSA) is 0 Å². The fraction of sp³-hybridized carbons (Fsp3) is 1.00. The van der Waals surface area contributed by atoms with Crippen LogP contribution in [0.1, 0.15) is 0 Å². The molecule has 0 fully saturated rings. The van der Waals surface area contributed by atoms with Crippen LogP contribution in [0.4, 0.5) is 13.2 Å². The van der Waals surface area contributed by atoms with Crippen molar-refractivity contribution >= 4 is 23.1 Å². The summed E-state index contributed by atoms with van der Waals surface area (Å²) >= 11 is 0. The molecule has 0 nitrogen and oxygen atoms in total. The van der Waals surface area contributed by atoms with Crippen LogP contribution in [0, 0.1) is 0 Å². The summed E-state index contributed by atoms with van der Waals surface area (Å²) in [7, 11) is 0. The van der Waals surface area contributed by atoms with E-state index in [0.717, 1.165) is 0 Å². The van der Waals surface area contributed by atoms with E-state index >= 15 is 0 Å². The molecular weight excluding hydrogens is 253 g/mol. The van der Waals surface area contributed by atoms with Gasteiger partial charge in [0.2, 0.25) is 0 Å². The van der Waals surface area contributed by atoms with Crippen LogP contribution in [0.5, 0.6) is 0 Å². The van der Waals surface area contributed by atoms with Crippen molar-refractivity contribution < 1.29 is 47.1 Å². The molecule has 0 saturated heterocycles. The average Bonchev–Trinajstić information content (AvgIpc) is 0.811. The smallest absolute Gasteiger partial charge is 1.00 e. The monoisotopic (exact) mass is 252 g/mol. The van der Waals surface area contributed by atoms with Crippen LogP contribution >= 0.6 is 0 Å².